The molecule has 0 spiro atoms. The lowest BCUT2D eigenvalue weighted by molar-refractivity contribution is -0.277. The van der Waals surface area contributed by atoms with Gasteiger partial charge in [-0.05, 0) is 17.7 Å². The van der Waals surface area contributed by atoms with Gasteiger partial charge in [-0.1, -0.05) is 36.4 Å². The summed E-state index contributed by atoms with van der Waals surface area (Å²) in [5.74, 6) is -0.885. The van der Waals surface area contributed by atoms with E-state index in [-0.39, 0.29) is 11.3 Å². The molecule has 1 aliphatic heterocycles. The fourth-order valence-electron chi connectivity index (χ4n) is 2.99. The molecule has 1 fully saturated rings. The van der Waals surface area contributed by atoms with E-state index in [1.165, 1.54) is 6.07 Å². The zero-order valence-corrected chi connectivity index (χ0v) is 14.2. The van der Waals surface area contributed by atoms with Crippen LogP contribution in [0.15, 0.2) is 48.5 Å². The van der Waals surface area contributed by atoms with Crippen molar-refractivity contribution >= 4 is 5.97 Å². The van der Waals surface area contributed by atoms with Gasteiger partial charge in [0.2, 0.25) is 6.29 Å². The lowest BCUT2D eigenvalue weighted by atomic mass is 9.98. The summed E-state index contributed by atoms with van der Waals surface area (Å²) in [5.41, 5.74) is 0.931. The summed E-state index contributed by atoms with van der Waals surface area (Å²) in [4.78, 5) is 11.5. The maximum atomic E-state index is 11.5. The smallest absolute Gasteiger partial charge is 0.336 e. The number of para-hydroxylation sites is 1. The Bertz CT molecular complexity index is 806. The Hall–Kier alpha value is -2.49. The summed E-state index contributed by atoms with van der Waals surface area (Å²) in [6.45, 7) is -0.575. The summed E-state index contributed by atoms with van der Waals surface area (Å²) in [6.07, 6.45) is -7.09. The molecule has 2 aromatic carbocycles. The van der Waals surface area contributed by atoms with Gasteiger partial charge in [0.15, 0.2) is 0 Å². The molecule has 8 nitrogen and oxygen atoms in total. The minimum atomic E-state index is -1.57. The van der Waals surface area contributed by atoms with Crippen molar-refractivity contribution in [2.45, 2.75) is 30.7 Å². The van der Waals surface area contributed by atoms with Gasteiger partial charge in [-0.25, -0.2) is 4.79 Å². The third-order valence-electron chi connectivity index (χ3n) is 4.43. The zero-order chi connectivity index (χ0) is 19.6. The second-order valence-electron chi connectivity index (χ2n) is 6.16. The van der Waals surface area contributed by atoms with E-state index in [2.05, 4.69) is 0 Å². The highest BCUT2D eigenvalue weighted by Gasteiger charge is 2.44. The molecule has 0 bridgehead atoms. The number of aliphatic hydroxyl groups is 4. The van der Waals surface area contributed by atoms with Gasteiger partial charge in [-0.2, -0.15) is 0 Å². The Morgan fingerprint density at radius 3 is 2.22 bits per heavy atom. The molecule has 8 heteroatoms. The molecule has 27 heavy (non-hydrogen) atoms. The van der Waals surface area contributed by atoms with Crippen molar-refractivity contribution in [1.82, 2.24) is 0 Å². The summed E-state index contributed by atoms with van der Waals surface area (Å²) >= 11 is 0. The van der Waals surface area contributed by atoms with Crippen molar-refractivity contribution in [2.75, 3.05) is 6.61 Å². The third kappa shape index (κ3) is 3.80. The van der Waals surface area contributed by atoms with Crippen LogP contribution in [0.1, 0.15) is 10.4 Å². The number of carbonyl (C=O) groups is 1. The van der Waals surface area contributed by atoms with Crippen LogP contribution < -0.4 is 4.74 Å². The predicted molar refractivity (Wildman–Crippen MR) is 93.2 cm³/mol. The number of carboxylic acids is 1. The van der Waals surface area contributed by atoms with Gasteiger partial charge in [-0.15, -0.1) is 0 Å². The molecule has 5 N–H and O–H groups in total. The highest BCUT2D eigenvalue weighted by Crippen LogP contribution is 2.34. The lowest BCUT2D eigenvalue weighted by Gasteiger charge is -2.39. The number of hydrogen-bond acceptors (Lipinski definition) is 7. The van der Waals surface area contributed by atoms with Gasteiger partial charge < -0.3 is 35.0 Å². The van der Waals surface area contributed by atoms with Crippen LogP contribution in [0.25, 0.3) is 11.1 Å². The monoisotopic (exact) mass is 376 g/mol. The van der Waals surface area contributed by atoms with E-state index in [4.69, 9.17) is 9.47 Å². The van der Waals surface area contributed by atoms with Crippen molar-refractivity contribution < 1.29 is 39.8 Å². The van der Waals surface area contributed by atoms with Crippen LogP contribution in [-0.2, 0) is 4.74 Å². The second-order valence-corrected chi connectivity index (χ2v) is 6.16. The van der Waals surface area contributed by atoms with Crippen LogP contribution in [0, 0.1) is 0 Å². The molecule has 5 atom stereocenters. The van der Waals surface area contributed by atoms with Gasteiger partial charge in [0.1, 0.15) is 30.2 Å². The van der Waals surface area contributed by atoms with E-state index < -0.39 is 43.3 Å². The standard InChI is InChI=1S/C19H20O8/c20-9-14-15(21)16(22)17(23)19(27-14)26-13-8-4-3-6-11(13)10-5-1-2-7-12(10)18(24)25/h1-8,14-17,19-23H,9H2,(H,24,25)/t14-,15-,16+,17+,19?/m1/s1. The predicted octanol–water partition coefficient (Wildman–Crippen LogP) is 0.230. The molecule has 1 saturated heterocycles. The average Bonchev–Trinajstić information content (AvgIpc) is 2.68. The quantitative estimate of drug-likeness (QED) is 0.500. The van der Waals surface area contributed by atoms with Crippen molar-refractivity contribution in [1.29, 1.82) is 0 Å². The van der Waals surface area contributed by atoms with Crippen LogP contribution in [0.2, 0.25) is 0 Å². The number of aromatic carboxylic acids is 1. The zero-order valence-electron chi connectivity index (χ0n) is 14.2. The van der Waals surface area contributed by atoms with Gasteiger partial charge >= 0.3 is 5.97 Å². The van der Waals surface area contributed by atoms with Crippen molar-refractivity contribution in [3.63, 3.8) is 0 Å². The molecule has 144 valence electrons. The van der Waals surface area contributed by atoms with E-state index in [9.17, 15) is 30.3 Å². The van der Waals surface area contributed by atoms with Crippen molar-refractivity contribution in [2.24, 2.45) is 0 Å². The van der Waals surface area contributed by atoms with E-state index >= 15 is 0 Å². The molecule has 1 heterocycles. The van der Waals surface area contributed by atoms with Gasteiger partial charge in [0.05, 0.1) is 12.2 Å². The Labute approximate surface area is 154 Å². The fraction of sp³-hybridized carbons (Fsp3) is 0.316. The average molecular weight is 376 g/mol. The lowest BCUT2D eigenvalue weighted by Crippen LogP contribution is -2.60. The second kappa shape index (κ2) is 8.03. The molecule has 2 aromatic rings. The normalized spacial score (nSPS) is 27.9. The molecule has 3 rings (SSSR count). The SMILES string of the molecule is O=C(O)c1ccccc1-c1ccccc1OC1O[C@H](CO)[C@@H](O)[C@H](O)[C@@H]1O. The number of rotatable bonds is 5. The Morgan fingerprint density at radius 2 is 1.56 bits per heavy atom. The maximum absolute atomic E-state index is 11.5. The minimum absolute atomic E-state index is 0.0716. The van der Waals surface area contributed by atoms with E-state index in [0.29, 0.717) is 11.1 Å². The molecular formula is C19H20O8. The fourth-order valence-corrected chi connectivity index (χ4v) is 2.99. The Morgan fingerprint density at radius 1 is 0.926 bits per heavy atom. The number of carboxylic acid groups (broad SMARTS) is 1. The number of hydrogen-bond donors (Lipinski definition) is 5. The Kier molecular flexibility index (Phi) is 5.73. The summed E-state index contributed by atoms with van der Waals surface area (Å²) in [5, 5.41) is 48.6. The van der Waals surface area contributed by atoms with Crippen molar-refractivity contribution in [3.05, 3.63) is 54.1 Å². The van der Waals surface area contributed by atoms with E-state index in [1.54, 1.807) is 42.5 Å². The first-order valence-electron chi connectivity index (χ1n) is 8.33. The first-order chi connectivity index (χ1) is 12.9. The maximum Gasteiger partial charge on any atom is 0.336 e. The minimum Gasteiger partial charge on any atom is -0.478 e. The van der Waals surface area contributed by atoms with Gasteiger partial charge in [-0.3, -0.25) is 0 Å². The molecule has 0 aromatic heterocycles. The summed E-state index contributed by atoms with van der Waals surface area (Å²) < 4.78 is 11.0. The molecule has 0 saturated carbocycles. The van der Waals surface area contributed by atoms with Crippen molar-refractivity contribution in [3.8, 4) is 16.9 Å². The molecule has 1 unspecified atom stereocenters. The van der Waals surface area contributed by atoms with Crippen LogP contribution in [-0.4, -0.2) is 68.8 Å². The van der Waals surface area contributed by atoms with Crippen LogP contribution in [0.4, 0.5) is 0 Å². The van der Waals surface area contributed by atoms with E-state index in [1.807, 2.05) is 0 Å². The molecule has 0 amide bonds. The topological polar surface area (TPSA) is 137 Å². The Balaban J connectivity index is 1.95. The molecule has 0 aliphatic carbocycles. The number of benzene rings is 2. The number of ether oxygens (including phenoxy) is 2. The van der Waals surface area contributed by atoms with Crippen LogP contribution in [0.5, 0.6) is 5.75 Å². The first-order valence-corrected chi connectivity index (χ1v) is 8.33. The molecular weight excluding hydrogens is 356 g/mol. The summed E-state index contributed by atoms with van der Waals surface area (Å²) in [6, 6.07) is 13.0. The van der Waals surface area contributed by atoms with Crippen LogP contribution >= 0.6 is 0 Å². The molecule has 1 aliphatic rings. The third-order valence-corrected chi connectivity index (χ3v) is 4.43. The molecule has 0 radical (unpaired) electrons. The highest BCUT2D eigenvalue weighted by atomic mass is 16.7. The number of aliphatic hydroxyl groups excluding tert-OH is 4. The van der Waals surface area contributed by atoms with E-state index in [0.717, 1.165) is 0 Å². The van der Waals surface area contributed by atoms with Crippen LogP contribution in [0.3, 0.4) is 0 Å². The van der Waals surface area contributed by atoms with Gasteiger partial charge in [0, 0.05) is 5.56 Å². The highest BCUT2D eigenvalue weighted by molar-refractivity contribution is 5.96. The summed E-state index contributed by atoms with van der Waals surface area (Å²) in [7, 11) is 0. The first kappa shape index (κ1) is 19.3. The largest absolute Gasteiger partial charge is 0.478 e. The van der Waals surface area contributed by atoms with Gasteiger partial charge in [0.25, 0.3) is 0 Å².